The first-order valence-corrected chi connectivity index (χ1v) is 8.15. The zero-order valence-electron chi connectivity index (χ0n) is 10.8. The van der Waals surface area contributed by atoms with Crippen LogP contribution >= 0.6 is 0 Å². The van der Waals surface area contributed by atoms with Gasteiger partial charge in [0.25, 0.3) is 0 Å². The molecule has 6 heteroatoms. The molecule has 0 radical (unpaired) electrons. The van der Waals surface area contributed by atoms with Gasteiger partial charge in [0, 0.05) is 38.6 Å². The lowest BCUT2D eigenvalue weighted by Crippen LogP contribution is -2.48. The molecule has 0 aromatic rings. The van der Waals surface area contributed by atoms with Gasteiger partial charge in [-0.15, -0.1) is 0 Å². The molecule has 5 nitrogen and oxygen atoms in total. The Bertz CT molecular complexity index is 400. The maximum Gasteiger partial charge on any atom is 0.217 e. The summed E-state index contributed by atoms with van der Waals surface area (Å²) in [6.45, 7) is 3.71. The standard InChI is InChI=1S/C12H21NO4S/c1-2-10-9-13(6-3-12(10)14)18(15,16)11-4-7-17-8-5-11/h10-11H,2-9H2,1H3. The molecule has 0 N–H and O–H groups in total. The summed E-state index contributed by atoms with van der Waals surface area (Å²) in [4.78, 5) is 11.6. The molecule has 2 heterocycles. The maximum absolute atomic E-state index is 12.5. The molecule has 2 saturated heterocycles. The lowest BCUT2D eigenvalue weighted by atomic mass is 9.96. The molecule has 2 rings (SSSR count). The summed E-state index contributed by atoms with van der Waals surface area (Å²) in [5.41, 5.74) is 0. The Morgan fingerprint density at radius 2 is 2.00 bits per heavy atom. The molecule has 1 unspecified atom stereocenters. The molecule has 0 aliphatic carbocycles. The van der Waals surface area contributed by atoms with Crippen LogP contribution in [0.4, 0.5) is 0 Å². The molecule has 2 fully saturated rings. The quantitative estimate of drug-likeness (QED) is 0.764. The molecule has 18 heavy (non-hydrogen) atoms. The normalized spacial score (nSPS) is 28.5. The van der Waals surface area contributed by atoms with Crippen LogP contribution in [0.2, 0.25) is 0 Å². The first kappa shape index (κ1) is 14.0. The Balaban J connectivity index is 2.07. The van der Waals surface area contributed by atoms with E-state index in [1.807, 2.05) is 6.92 Å². The number of hydrogen-bond donors (Lipinski definition) is 0. The van der Waals surface area contributed by atoms with Gasteiger partial charge >= 0.3 is 0 Å². The first-order chi connectivity index (χ1) is 8.55. The van der Waals surface area contributed by atoms with Crippen LogP contribution in [-0.2, 0) is 19.6 Å². The van der Waals surface area contributed by atoms with Crippen molar-refractivity contribution in [3.05, 3.63) is 0 Å². The number of nitrogens with zero attached hydrogens (tertiary/aromatic N) is 1. The largest absolute Gasteiger partial charge is 0.381 e. The van der Waals surface area contributed by atoms with Crippen molar-refractivity contribution in [2.24, 2.45) is 5.92 Å². The summed E-state index contributed by atoms with van der Waals surface area (Å²) in [6, 6.07) is 0. The molecule has 0 spiro atoms. The van der Waals surface area contributed by atoms with E-state index < -0.39 is 10.0 Å². The van der Waals surface area contributed by atoms with Gasteiger partial charge in [0.05, 0.1) is 5.25 Å². The predicted octanol–water partition coefficient (Wildman–Crippen LogP) is 0.796. The Hall–Kier alpha value is -0.460. The number of carbonyl (C=O) groups excluding carboxylic acids is 1. The molecular weight excluding hydrogens is 254 g/mol. The summed E-state index contributed by atoms with van der Waals surface area (Å²) in [6.07, 6.45) is 2.23. The highest BCUT2D eigenvalue weighted by Gasteiger charge is 2.37. The molecule has 0 aromatic carbocycles. The zero-order valence-corrected chi connectivity index (χ0v) is 11.6. The van der Waals surface area contributed by atoms with Gasteiger partial charge in [-0.05, 0) is 19.3 Å². The number of hydrogen-bond acceptors (Lipinski definition) is 4. The van der Waals surface area contributed by atoms with Crippen LogP contribution in [0.15, 0.2) is 0 Å². The van der Waals surface area contributed by atoms with Gasteiger partial charge in [0.1, 0.15) is 5.78 Å². The number of sulfonamides is 1. The van der Waals surface area contributed by atoms with Gasteiger partial charge in [0.15, 0.2) is 0 Å². The highest BCUT2D eigenvalue weighted by Crippen LogP contribution is 2.25. The lowest BCUT2D eigenvalue weighted by molar-refractivity contribution is -0.125. The third kappa shape index (κ3) is 2.75. The van der Waals surface area contributed by atoms with Crippen LogP contribution in [0, 0.1) is 5.92 Å². The van der Waals surface area contributed by atoms with E-state index in [-0.39, 0.29) is 17.0 Å². The van der Waals surface area contributed by atoms with Crippen LogP contribution in [-0.4, -0.2) is 50.1 Å². The maximum atomic E-state index is 12.5. The number of rotatable bonds is 3. The molecule has 0 saturated carbocycles. The van der Waals surface area contributed by atoms with Gasteiger partial charge in [0.2, 0.25) is 10.0 Å². The van der Waals surface area contributed by atoms with Gasteiger partial charge in [-0.2, -0.15) is 0 Å². The van der Waals surface area contributed by atoms with Crippen molar-refractivity contribution in [2.45, 2.75) is 37.9 Å². The van der Waals surface area contributed by atoms with Crippen molar-refractivity contribution in [1.82, 2.24) is 4.31 Å². The van der Waals surface area contributed by atoms with E-state index >= 15 is 0 Å². The van der Waals surface area contributed by atoms with E-state index in [1.54, 1.807) is 0 Å². The van der Waals surface area contributed by atoms with Crippen molar-refractivity contribution in [1.29, 1.82) is 0 Å². The van der Waals surface area contributed by atoms with E-state index in [4.69, 9.17) is 4.74 Å². The molecule has 0 bridgehead atoms. The molecule has 2 aliphatic heterocycles. The third-order valence-corrected chi connectivity index (χ3v) is 6.29. The van der Waals surface area contributed by atoms with Gasteiger partial charge < -0.3 is 4.74 Å². The second-order valence-electron chi connectivity index (χ2n) is 5.04. The fourth-order valence-corrected chi connectivity index (χ4v) is 4.59. The monoisotopic (exact) mass is 275 g/mol. The van der Waals surface area contributed by atoms with Crippen LogP contribution in [0.5, 0.6) is 0 Å². The van der Waals surface area contributed by atoms with E-state index in [9.17, 15) is 13.2 Å². The number of Topliss-reactive ketones (excluding diaryl/α,β-unsaturated/α-hetero) is 1. The van der Waals surface area contributed by atoms with Gasteiger partial charge in [-0.1, -0.05) is 6.92 Å². The molecule has 0 aromatic heterocycles. The Labute approximate surface area is 109 Å². The Morgan fingerprint density at radius 1 is 1.33 bits per heavy atom. The summed E-state index contributed by atoms with van der Waals surface area (Å²) in [5, 5.41) is -0.322. The van der Waals surface area contributed by atoms with E-state index in [2.05, 4.69) is 0 Å². The summed E-state index contributed by atoms with van der Waals surface area (Å²) < 4.78 is 31.7. The van der Waals surface area contributed by atoms with E-state index in [0.29, 0.717) is 45.6 Å². The fourth-order valence-electron chi connectivity index (χ4n) is 2.65. The average Bonchev–Trinajstić information content (AvgIpc) is 2.40. The SMILES string of the molecule is CCC1CN(S(=O)(=O)C2CCOCC2)CCC1=O. The number of carbonyl (C=O) groups is 1. The second-order valence-corrected chi connectivity index (χ2v) is 7.25. The van der Waals surface area contributed by atoms with Crippen LogP contribution in [0.25, 0.3) is 0 Å². The van der Waals surface area contributed by atoms with Crippen molar-refractivity contribution in [3.8, 4) is 0 Å². The Kier molecular flexibility index (Phi) is 4.40. The number of ketones is 1. The minimum atomic E-state index is -3.25. The Morgan fingerprint density at radius 3 is 2.61 bits per heavy atom. The molecule has 1 atom stereocenters. The van der Waals surface area contributed by atoms with Crippen LogP contribution < -0.4 is 0 Å². The molecule has 0 amide bonds. The highest BCUT2D eigenvalue weighted by molar-refractivity contribution is 7.89. The minimum Gasteiger partial charge on any atom is -0.381 e. The molecular formula is C12H21NO4S. The minimum absolute atomic E-state index is 0.117. The fraction of sp³-hybridized carbons (Fsp3) is 0.917. The summed E-state index contributed by atoms with van der Waals surface area (Å²) in [7, 11) is -3.25. The van der Waals surface area contributed by atoms with Crippen molar-refractivity contribution < 1.29 is 17.9 Å². The van der Waals surface area contributed by atoms with Crippen molar-refractivity contribution in [3.63, 3.8) is 0 Å². The molecule has 2 aliphatic rings. The van der Waals surface area contributed by atoms with Gasteiger partial charge in [-0.3, -0.25) is 4.79 Å². The second kappa shape index (κ2) is 5.67. The highest BCUT2D eigenvalue weighted by atomic mass is 32.2. The summed E-state index contributed by atoms with van der Waals surface area (Å²) in [5.74, 6) is 0.0873. The zero-order chi connectivity index (χ0) is 13.2. The van der Waals surface area contributed by atoms with Crippen molar-refractivity contribution >= 4 is 15.8 Å². The van der Waals surface area contributed by atoms with Crippen LogP contribution in [0.3, 0.4) is 0 Å². The van der Waals surface area contributed by atoms with E-state index in [1.165, 1.54) is 4.31 Å². The summed E-state index contributed by atoms with van der Waals surface area (Å²) >= 11 is 0. The van der Waals surface area contributed by atoms with E-state index in [0.717, 1.165) is 6.42 Å². The predicted molar refractivity (Wildman–Crippen MR) is 67.7 cm³/mol. The first-order valence-electron chi connectivity index (χ1n) is 6.65. The van der Waals surface area contributed by atoms with Crippen LogP contribution in [0.1, 0.15) is 32.6 Å². The van der Waals surface area contributed by atoms with Crippen molar-refractivity contribution in [2.75, 3.05) is 26.3 Å². The number of piperidine rings is 1. The third-order valence-electron chi connectivity index (χ3n) is 3.93. The smallest absolute Gasteiger partial charge is 0.217 e. The molecule has 104 valence electrons. The van der Waals surface area contributed by atoms with Gasteiger partial charge in [-0.25, -0.2) is 12.7 Å². The number of ether oxygens (including phenoxy) is 1. The average molecular weight is 275 g/mol. The topological polar surface area (TPSA) is 63.7 Å². The lowest BCUT2D eigenvalue weighted by Gasteiger charge is -2.34.